The SMILES string of the molecule is Nc1ccc([N+](=O)[O-])cc1C1(C(=O)O)CCOC1. The zero-order chi connectivity index (χ0) is 13.3. The molecule has 18 heavy (non-hydrogen) atoms. The third-order valence-corrected chi connectivity index (χ3v) is 3.19. The maximum Gasteiger partial charge on any atom is 0.316 e. The molecule has 1 saturated heterocycles. The van der Waals surface area contributed by atoms with E-state index in [1.54, 1.807) is 0 Å². The summed E-state index contributed by atoms with van der Waals surface area (Å²) in [5, 5.41) is 20.1. The van der Waals surface area contributed by atoms with Crippen LogP contribution in [-0.4, -0.2) is 29.2 Å². The van der Waals surface area contributed by atoms with Crippen molar-refractivity contribution >= 4 is 17.3 Å². The predicted molar refractivity (Wildman–Crippen MR) is 62.3 cm³/mol. The number of anilines is 1. The molecule has 2 rings (SSSR count). The molecule has 0 bridgehead atoms. The van der Waals surface area contributed by atoms with Gasteiger partial charge in [0, 0.05) is 30.0 Å². The number of carbonyl (C=O) groups is 1. The molecule has 0 aliphatic carbocycles. The van der Waals surface area contributed by atoms with Crippen molar-refractivity contribution in [2.45, 2.75) is 11.8 Å². The number of benzene rings is 1. The molecule has 1 fully saturated rings. The molecule has 1 heterocycles. The van der Waals surface area contributed by atoms with E-state index in [4.69, 9.17) is 10.5 Å². The normalized spacial score (nSPS) is 22.9. The molecule has 96 valence electrons. The molecule has 7 heteroatoms. The van der Waals surface area contributed by atoms with Crippen molar-refractivity contribution in [3.05, 3.63) is 33.9 Å². The lowest BCUT2D eigenvalue weighted by Gasteiger charge is -2.23. The molecule has 0 aromatic heterocycles. The number of hydrogen-bond donors (Lipinski definition) is 2. The molecule has 0 spiro atoms. The molecule has 1 aromatic carbocycles. The van der Waals surface area contributed by atoms with E-state index in [2.05, 4.69) is 0 Å². The van der Waals surface area contributed by atoms with Gasteiger partial charge in [-0.25, -0.2) is 0 Å². The maximum atomic E-state index is 11.5. The molecule has 1 aliphatic rings. The van der Waals surface area contributed by atoms with Crippen LogP contribution in [0.25, 0.3) is 0 Å². The minimum Gasteiger partial charge on any atom is -0.481 e. The largest absolute Gasteiger partial charge is 0.481 e. The van der Waals surface area contributed by atoms with Crippen LogP contribution in [0.15, 0.2) is 18.2 Å². The fourth-order valence-corrected chi connectivity index (χ4v) is 2.13. The van der Waals surface area contributed by atoms with Crippen molar-refractivity contribution in [2.24, 2.45) is 0 Å². The summed E-state index contributed by atoms with van der Waals surface area (Å²) in [5.41, 5.74) is 4.78. The van der Waals surface area contributed by atoms with Gasteiger partial charge in [0.05, 0.1) is 11.5 Å². The summed E-state index contributed by atoms with van der Waals surface area (Å²) in [6.07, 6.45) is 0.258. The fraction of sp³-hybridized carbons (Fsp3) is 0.364. The Kier molecular flexibility index (Phi) is 2.92. The van der Waals surface area contributed by atoms with Gasteiger partial charge in [-0.1, -0.05) is 0 Å². The van der Waals surface area contributed by atoms with E-state index in [1.807, 2.05) is 0 Å². The van der Waals surface area contributed by atoms with Gasteiger partial charge in [0.15, 0.2) is 0 Å². The Morgan fingerprint density at radius 3 is 2.78 bits per heavy atom. The van der Waals surface area contributed by atoms with Crippen LogP contribution in [0.4, 0.5) is 11.4 Å². The van der Waals surface area contributed by atoms with Gasteiger partial charge in [-0.15, -0.1) is 0 Å². The van der Waals surface area contributed by atoms with Gasteiger partial charge in [0.25, 0.3) is 5.69 Å². The summed E-state index contributed by atoms with van der Waals surface area (Å²) in [5.74, 6) is -1.08. The highest BCUT2D eigenvalue weighted by molar-refractivity contribution is 5.84. The van der Waals surface area contributed by atoms with Crippen molar-refractivity contribution < 1.29 is 19.6 Å². The van der Waals surface area contributed by atoms with Crippen LogP contribution in [0, 0.1) is 10.1 Å². The second kappa shape index (κ2) is 4.26. The molecule has 1 aromatic rings. The number of nitro benzene ring substituents is 1. The number of nitrogens with zero attached hydrogens (tertiary/aromatic N) is 1. The van der Waals surface area contributed by atoms with Gasteiger partial charge in [0.2, 0.25) is 0 Å². The number of carboxylic acid groups (broad SMARTS) is 1. The quantitative estimate of drug-likeness (QED) is 0.469. The maximum absolute atomic E-state index is 11.5. The van der Waals surface area contributed by atoms with Crippen molar-refractivity contribution in [3.63, 3.8) is 0 Å². The van der Waals surface area contributed by atoms with E-state index in [-0.39, 0.29) is 30.0 Å². The Hall–Kier alpha value is -2.15. The van der Waals surface area contributed by atoms with Crippen molar-refractivity contribution in [2.75, 3.05) is 18.9 Å². The number of rotatable bonds is 3. The molecule has 0 amide bonds. The first-order valence-corrected chi connectivity index (χ1v) is 5.33. The summed E-state index contributed by atoms with van der Waals surface area (Å²) in [6.45, 7) is 0.280. The Balaban J connectivity index is 2.57. The molecule has 1 unspecified atom stereocenters. The lowest BCUT2D eigenvalue weighted by Crippen LogP contribution is -2.37. The van der Waals surface area contributed by atoms with E-state index in [0.717, 1.165) is 0 Å². The second-order valence-electron chi connectivity index (χ2n) is 4.22. The highest BCUT2D eigenvalue weighted by Crippen LogP contribution is 2.38. The number of ether oxygens (including phenoxy) is 1. The van der Waals surface area contributed by atoms with Crippen molar-refractivity contribution in [1.82, 2.24) is 0 Å². The smallest absolute Gasteiger partial charge is 0.316 e. The molecule has 3 N–H and O–H groups in total. The standard InChI is InChI=1S/C11H12N2O5/c12-9-2-1-7(13(16)17)5-8(9)11(10(14)15)3-4-18-6-11/h1-2,5H,3-4,6,12H2,(H,14,15). The second-order valence-corrected chi connectivity index (χ2v) is 4.22. The van der Waals surface area contributed by atoms with Gasteiger partial charge >= 0.3 is 5.97 Å². The van der Waals surface area contributed by atoms with E-state index >= 15 is 0 Å². The van der Waals surface area contributed by atoms with Crippen LogP contribution in [0.2, 0.25) is 0 Å². The van der Waals surface area contributed by atoms with Crippen LogP contribution in [0.1, 0.15) is 12.0 Å². The Morgan fingerprint density at radius 2 is 2.28 bits per heavy atom. The van der Waals surface area contributed by atoms with E-state index in [0.29, 0.717) is 6.61 Å². The molecule has 0 radical (unpaired) electrons. The van der Waals surface area contributed by atoms with Crippen LogP contribution in [-0.2, 0) is 14.9 Å². The molecular weight excluding hydrogens is 240 g/mol. The minimum atomic E-state index is -1.28. The molecule has 1 atom stereocenters. The molecular formula is C11H12N2O5. The average Bonchev–Trinajstić information content (AvgIpc) is 2.79. The zero-order valence-corrected chi connectivity index (χ0v) is 9.46. The van der Waals surface area contributed by atoms with Crippen LogP contribution < -0.4 is 5.73 Å². The Bertz CT molecular complexity index is 508. The highest BCUT2D eigenvalue weighted by atomic mass is 16.6. The third kappa shape index (κ3) is 1.78. The first-order valence-electron chi connectivity index (χ1n) is 5.33. The summed E-state index contributed by atoms with van der Waals surface area (Å²) >= 11 is 0. The van der Waals surface area contributed by atoms with Gasteiger partial charge in [-0.05, 0) is 12.5 Å². The number of nitrogen functional groups attached to an aromatic ring is 1. The summed E-state index contributed by atoms with van der Waals surface area (Å²) in [4.78, 5) is 21.6. The third-order valence-electron chi connectivity index (χ3n) is 3.19. The summed E-state index contributed by atoms with van der Waals surface area (Å²) in [7, 11) is 0. The first-order chi connectivity index (χ1) is 8.47. The Labute approximate surface area is 102 Å². The fourth-order valence-electron chi connectivity index (χ4n) is 2.13. The monoisotopic (exact) mass is 252 g/mol. The zero-order valence-electron chi connectivity index (χ0n) is 9.46. The van der Waals surface area contributed by atoms with Crippen LogP contribution in [0.5, 0.6) is 0 Å². The number of nitro groups is 1. The van der Waals surface area contributed by atoms with E-state index in [9.17, 15) is 20.0 Å². The average molecular weight is 252 g/mol. The van der Waals surface area contributed by atoms with Gasteiger partial charge < -0.3 is 15.6 Å². The summed E-state index contributed by atoms with van der Waals surface area (Å²) in [6, 6.07) is 3.83. The molecule has 1 aliphatic heterocycles. The molecule has 7 nitrogen and oxygen atoms in total. The van der Waals surface area contributed by atoms with Crippen molar-refractivity contribution in [3.8, 4) is 0 Å². The molecule has 0 saturated carbocycles. The predicted octanol–water partition coefficient (Wildman–Crippen LogP) is 0.920. The van der Waals surface area contributed by atoms with Crippen LogP contribution >= 0.6 is 0 Å². The number of carboxylic acids is 1. The number of nitrogens with two attached hydrogens (primary N) is 1. The van der Waals surface area contributed by atoms with Crippen molar-refractivity contribution in [1.29, 1.82) is 0 Å². The van der Waals surface area contributed by atoms with Crippen LogP contribution in [0.3, 0.4) is 0 Å². The Morgan fingerprint density at radius 1 is 1.56 bits per heavy atom. The van der Waals surface area contributed by atoms with E-state index < -0.39 is 16.3 Å². The first kappa shape index (κ1) is 12.3. The number of hydrogen-bond acceptors (Lipinski definition) is 5. The summed E-state index contributed by atoms with van der Waals surface area (Å²) < 4.78 is 5.13. The lowest BCUT2D eigenvalue weighted by molar-refractivity contribution is -0.384. The van der Waals surface area contributed by atoms with Gasteiger partial charge in [-0.2, -0.15) is 0 Å². The van der Waals surface area contributed by atoms with E-state index in [1.165, 1.54) is 18.2 Å². The topological polar surface area (TPSA) is 116 Å². The lowest BCUT2D eigenvalue weighted by atomic mass is 9.79. The van der Waals surface area contributed by atoms with Gasteiger partial charge in [0.1, 0.15) is 5.41 Å². The van der Waals surface area contributed by atoms with Gasteiger partial charge in [-0.3, -0.25) is 14.9 Å². The number of non-ortho nitro benzene ring substituents is 1. The number of aliphatic carboxylic acids is 1. The highest BCUT2D eigenvalue weighted by Gasteiger charge is 2.46. The minimum absolute atomic E-state index is 0.0201.